The van der Waals surface area contributed by atoms with Gasteiger partial charge in [-0.3, -0.25) is 9.59 Å². The van der Waals surface area contributed by atoms with Crippen molar-refractivity contribution in [3.63, 3.8) is 0 Å². The van der Waals surface area contributed by atoms with Crippen LogP contribution < -0.4 is 15.0 Å². The largest absolute Gasteiger partial charge is 0.435 e. The van der Waals surface area contributed by atoms with Crippen molar-refractivity contribution in [3.05, 3.63) is 70.8 Å². The summed E-state index contributed by atoms with van der Waals surface area (Å²) in [6, 6.07) is 12.8. The summed E-state index contributed by atoms with van der Waals surface area (Å²) in [5, 5.41) is 20.0. The molecule has 3 heterocycles. The first-order chi connectivity index (χ1) is 17.2. The lowest BCUT2D eigenvalue weighted by Crippen LogP contribution is -2.49. The Morgan fingerprint density at radius 2 is 1.81 bits per heavy atom. The molecule has 2 aliphatic heterocycles. The molecule has 0 atom stereocenters. The zero-order valence-electron chi connectivity index (χ0n) is 18.5. The highest BCUT2D eigenvalue weighted by Crippen LogP contribution is 2.36. The molecule has 1 saturated heterocycles. The Balaban J connectivity index is 1.32. The first-order valence-corrected chi connectivity index (χ1v) is 10.9. The molecule has 1 aromatic heterocycles. The van der Waals surface area contributed by atoms with Gasteiger partial charge in [0.2, 0.25) is 0 Å². The minimum atomic E-state index is -4.63. The van der Waals surface area contributed by atoms with Crippen LogP contribution in [-0.4, -0.2) is 53.1 Å². The highest BCUT2D eigenvalue weighted by atomic mass is 19.4. The van der Waals surface area contributed by atoms with Crippen molar-refractivity contribution in [2.45, 2.75) is 6.18 Å². The number of piperazine rings is 1. The first-order valence-electron chi connectivity index (χ1n) is 10.9. The van der Waals surface area contributed by atoms with E-state index < -0.39 is 29.1 Å². The van der Waals surface area contributed by atoms with Crippen molar-refractivity contribution < 1.29 is 27.5 Å². The number of ether oxygens (including phenoxy) is 1. The van der Waals surface area contributed by atoms with Crippen LogP contribution in [0.2, 0.25) is 0 Å². The van der Waals surface area contributed by atoms with E-state index in [1.807, 2.05) is 6.07 Å². The Kier molecular flexibility index (Phi) is 5.68. The fourth-order valence-corrected chi connectivity index (χ4v) is 4.06. The Bertz CT molecular complexity index is 1410. The molecule has 2 amide bonds. The molecule has 0 radical (unpaired) electrons. The van der Waals surface area contributed by atoms with Crippen LogP contribution in [0.1, 0.15) is 31.8 Å². The van der Waals surface area contributed by atoms with E-state index >= 15 is 0 Å². The molecule has 2 aliphatic rings. The molecular weight excluding hydrogens is 477 g/mol. The van der Waals surface area contributed by atoms with Gasteiger partial charge in [-0.15, -0.1) is 10.2 Å². The second-order valence-electron chi connectivity index (χ2n) is 8.12. The molecule has 36 heavy (non-hydrogen) atoms. The minimum absolute atomic E-state index is 0.0253. The van der Waals surface area contributed by atoms with Gasteiger partial charge < -0.3 is 19.9 Å². The van der Waals surface area contributed by atoms with Crippen LogP contribution in [0.25, 0.3) is 0 Å². The zero-order valence-corrected chi connectivity index (χ0v) is 18.5. The number of nitriles is 1. The van der Waals surface area contributed by atoms with Crippen LogP contribution >= 0.6 is 0 Å². The molecule has 0 saturated carbocycles. The van der Waals surface area contributed by atoms with E-state index in [-0.39, 0.29) is 43.4 Å². The summed E-state index contributed by atoms with van der Waals surface area (Å²) in [4.78, 5) is 28.8. The van der Waals surface area contributed by atoms with Gasteiger partial charge in [0.1, 0.15) is 5.56 Å². The lowest BCUT2D eigenvalue weighted by atomic mass is 10.1. The summed E-state index contributed by atoms with van der Waals surface area (Å²) < 4.78 is 45.7. The predicted molar refractivity (Wildman–Crippen MR) is 121 cm³/mol. The lowest BCUT2D eigenvalue weighted by molar-refractivity contribution is -0.138. The summed E-state index contributed by atoms with van der Waals surface area (Å²) in [5.74, 6) is -0.573. The molecular formula is C24H17F3N6O3. The Morgan fingerprint density at radius 3 is 2.53 bits per heavy atom. The summed E-state index contributed by atoms with van der Waals surface area (Å²) in [6.45, 7) is 0.882. The van der Waals surface area contributed by atoms with Crippen LogP contribution in [0.15, 0.2) is 48.5 Å². The molecule has 5 rings (SSSR count). The molecule has 0 bridgehead atoms. The highest BCUT2D eigenvalue weighted by molar-refractivity contribution is 6.08. The van der Waals surface area contributed by atoms with E-state index in [4.69, 9.17) is 10.00 Å². The van der Waals surface area contributed by atoms with Gasteiger partial charge in [-0.2, -0.15) is 18.4 Å². The number of aromatic nitrogens is 2. The number of carbonyl (C=O) groups excluding carboxylic acids is 2. The second-order valence-corrected chi connectivity index (χ2v) is 8.12. The van der Waals surface area contributed by atoms with Gasteiger partial charge in [-0.25, -0.2) is 0 Å². The van der Waals surface area contributed by atoms with Crippen LogP contribution in [0.5, 0.6) is 11.6 Å². The van der Waals surface area contributed by atoms with Gasteiger partial charge in [-0.05, 0) is 24.3 Å². The molecule has 12 heteroatoms. The number of alkyl halides is 3. The molecule has 9 nitrogen and oxygen atoms in total. The fraction of sp³-hybridized carbons (Fsp3) is 0.208. The molecule has 3 aromatic rings. The maximum atomic E-state index is 13.3. The van der Waals surface area contributed by atoms with Crippen molar-refractivity contribution in [1.29, 1.82) is 5.26 Å². The van der Waals surface area contributed by atoms with Crippen LogP contribution in [0, 0.1) is 11.3 Å². The van der Waals surface area contributed by atoms with E-state index in [0.717, 1.165) is 6.07 Å². The SMILES string of the molecule is N#Cc1ccc2c(c1)Oc1nnc(N3CCN(C(=O)c4ccccc4C(F)(F)F)CC3)cc1C(=O)N2. The Morgan fingerprint density at radius 1 is 1.06 bits per heavy atom. The Labute approximate surface area is 202 Å². The van der Waals surface area contributed by atoms with Crippen LogP contribution in [-0.2, 0) is 6.18 Å². The number of hydrogen-bond acceptors (Lipinski definition) is 7. The molecule has 0 unspecified atom stereocenters. The zero-order chi connectivity index (χ0) is 25.4. The fourth-order valence-electron chi connectivity index (χ4n) is 4.06. The average Bonchev–Trinajstić information content (AvgIpc) is 3.02. The molecule has 1 N–H and O–H groups in total. The summed E-state index contributed by atoms with van der Waals surface area (Å²) in [7, 11) is 0. The molecule has 182 valence electrons. The summed E-state index contributed by atoms with van der Waals surface area (Å²) in [5.41, 5.74) is -0.502. The highest BCUT2D eigenvalue weighted by Gasteiger charge is 2.36. The van der Waals surface area contributed by atoms with Gasteiger partial charge >= 0.3 is 6.18 Å². The number of benzene rings is 2. The summed E-state index contributed by atoms with van der Waals surface area (Å²) >= 11 is 0. The van der Waals surface area contributed by atoms with Crippen LogP contribution in [0.3, 0.4) is 0 Å². The molecule has 0 spiro atoms. The molecule has 0 aliphatic carbocycles. The van der Waals surface area contributed by atoms with E-state index in [2.05, 4.69) is 15.5 Å². The summed E-state index contributed by atoms with van der Waals surface area (Å²) in [6.07, 6.45) is -4.63. The standard InChI is InChI=1S/C24H17F3N6O3/c25-24(26,27)17-4-2-1-3-15(17)23(35)33-9-7-32(8-10-33)20-12-16-21(34)29-18-6-5-14(13-28)11-19(18)36-22(16)31-30-20/h1-6,11-12H,7-10H2,(H,29,34). The van der Waals surface area contributed by atoms with Crippen molar-refractivity contribution in [2.75, 3.05) is 36.4 Å². The first kappa shape index (κ1) is 23.1. The molecule has 2 aromatic carbocycles. The monoisotopic (exact) mass is 494 g/mol. The third kappa shape index (κ3) is 4.26. The van der Waals surface area contributed by atoms with Crippen molar-refractivity contribution in [2.24, 2.45) is 0 Å². The number of hydrogen-bond donors (Lipinski definition) is 1. The van der Waals surface area contributed by atoms with Crippen molar-refractivity contribution >= 4 is 23.3 Å². The van der Waals surface area contributed by atoms with Crippen LogP contribution in [0.4, 0.5) is 24.7 Å². The number of halogens is 3. The normalized spacial score (nSPS) is 15.1. The maximum Gasteiger partial charge on any atom is 0.417 e. The van der Waals surface area contributed by atoms with E-state index in [1.54, 1.807) is 17.0 Å². The third-order valence-corrected chi connectivity index (χ3v) is 5.91. The number of nitrogens with one attached hydrogen (secondary N) is 1. The third-order valence-electron chi connectivity index (χ3n) is 5.91. The lowest BCUT2D eigenvalue weighted by Gasteiger charge is -2.35. The second kappa shape index (κ2) is 8.84. The number of fused-ring (bicyclic) bond motifs is 2. The van der Waals surface area contributed by atoms with Gasteiger partial charge in [-0.1, -0.05) is 12.1 Å². The number of nitrogens with zero attached hydrogens (tertiary/aromatic N) is 5. The maximum absolute atomic E-state index is 13.3. The average molecular weight is 494 g/mol. The van der Waals surface area contributed by atoms with Crippen molar-refractivity contribution in [1.82, 2.24) is 15.1 Å². The Hall–Kier alpha value is -4.66. The number of anilines is 2. The van der Waals surface area contributed by atoms with E-state index in [9.17, 15) is 22.8 Å². The molecule has 1 fully saturated rings. The minimum Gasteiger partial charge on any atom is -0.435 e. The quantitative estimate of drug-likeness (QED) is 0.578. The number of carbonyl (C=O) groups is 2. The van der Waals surface area contributed by atoms with E-state index in [1.165, 1.54) is 35.2 Å². The van der Waals surface area contributed by atoms with Gasteiger partial charge in [0, 0.05) is 38.3 Å². The smallest absolute Gasteiger partial charge is 0.417 e. The van der Waals surface area contributed by atoms with E-state index in [0.29, 0.717) is 17.1 Å². The van der Waals surface area contributed by atoms with Gasteiger partial charge in [0.05, 0.1) is 28.4 Å². The van der Waals surface area contributed by atoms with Gasteiger partial charge in [0.15, 0.2) is 11.6 Å². The topological polar surface area (TPSA) is 111 Å². The predicted octanol–water partition coefficient (Wildman–Crippen LogP) is 3.69. The number of rotatable bonds is 2. The van der Waals surface area contributed by atoms with Crippen molar-refractivity contribution in [3.8, 4) is 17.7 Å². The number of amides is 2. The van der Waals surface area contributed by atoms with Gasteiger partial charge in [0.25, 0.3) is 17.7 Å².